The van der Waals surface area contributed by atoms with Gasteiger partial charge in [0.2, 0.25) is 0 Å². The van der Waals surface area contributed by atoms with Crippen LogP contribution in [0.4, 0.5) is 0 Å². The lowest BCUT2D eigenvalue weighted by Gasteiger charge is -2.71. The van der Waals surface area contributed by atoms with E-state index in [4.69, 9.17) is 4.74 Å². The Morgan fingerprint density at radius 1 is 0.800 bits per heavy atom. The van der Waals surface area contributed by atoms with E-state index in [9.17, 15) is 20.4 Å². The van der Waals surface area contributed by atoms with Gasteiger partial charge in [-0.3, -0.25) is 0 Å². The third-order valence-corrected chi connectivity index (χ3v) is 13.1. The van der Waals surface area contributed by atoms with Crippen LogP contribution in [0.1, 0.15) is 107 Å². The molecule has 0 bridgehead atoms. The van der Waals surface area contributed by atoms with Crippen molar-refractivity contribution in [1.82, 2.24) is 0 Å². The third kappa shape index (κ3) is 3.36. The molecule has 202 valence electrons. The van der Waals surface area contributed by atoms with Crippen LogP contribution in [0, 0.1) is 45.3 Å². The van der Waals surface area contributed by atoms with E-state index in [2.05, 4.69) is 41.5 Å². The number of hydrogen-bond donors (Lipinski definition) is 4. The van der Waals surface area contributed by atoms with E-state index < -0.39 is 23.9 Å². The highest BCUT2D eigenvalue weighted by molar-refractivity contribution is 5.22. The molecule has 0 radical (unpaired) electrons. The zero-order valence-electron chi connectivity index (χ0n) is 23.5. The quantitative estimate of drug-likeness (QED) is 0.449. The van der Waals surface area contributed by atoms with Crippen LogP contribution in [0.25, 0.3) is 0 Å². The number of rotatable bonds is 2. The van der Waals surface area contributed by atoms with E-state index in [0.29, 0.717) is 5.92 Å². The molecule has 12 atom stereocenters. The molecular weight excluding hydrogens is 440 g/mol. The van der Waals surface area contributed by atoms with Crippen molar-refractivity contribution in [3.63, 3.8) is 0 Å². The van der Waals surface area contributed by atoms with Crippen molar-refractivity contribution >= 4 is 0 Å². The second-order valence-electron chi connectivity index (χ2n) is 15.6. The summed E-state index contributed by atoms with van der Waals surface area (Å²) >= 11 is 0. The topological polar surface area (TPSA) is 90.2 Å². The van der Waals surface area contributed by atoms with Gasteiger partial charge in [0.15, 0.2) is 0 Å². The highest BCUT2D eigenvalue weighted by Crippen LogP contribution is 2.76. The molecule has 1 heterocycles. The standard InChI is InChI=1S/C30H52O5/c1-25(2)21(33)10-12-27(5)20-15-18(31)23-17(30(8)14-11-22(35-30)26(3,4)34)9-13-28(23,6)29(20,7)16-19(32)24(25)27/h17-24,31-34H,9-16H2,1-8H3/t17-,18-,19+,20-,21+,22+,23+,24-,27-,28-,29-,30-/m1/s1. The first-order valence-electron chi connectivity index (χ1n) is 14.4. The maximum atomic E-state index is 11.9. The smallest absolute Gasteiger partial charge is 0.0865 e. The van der Waals surface area contributed by atoms with E-state index in [-0.39, 0.29) is 51.1 Å². The fraction of sp³-hybridized carbons (Fsp3) is 1.00. The van der Waals surface area contributed by atoms with Crippen LogP contribution in [-0.4, -0.2) is 56.0 Å². The number of hydrogen-bond acceptors (Lipinski definition) is 5. The number of aliphatic hydroxyl groups is 4. The van der Waals surface area contributed by atoms with Crippen LogP contribution in [-0.2, 0) is 4.74 Å². The Kier molecular flexibility index (Phi) is 5.80. The minimum absolute atomic E-state index is 0.0320. The predicted octanol–water partition coefficient (Wildman–Crippen LogP) is 4.68. The van der Waals surface area contributed by atoms with Crippen molar-refractivity contribution in [1.29, 1.82) is 0 Å². The maximum absolute atomic E-state index is 11.9. The summed E-state index contributed by atoms with van der Waals surface area (Å²) < 4.78 is 6.64. The van der Waals surface area contributed by atoms with Crippen LogP contribution >= 0.6 is 0 Å². The van der Waals surface area contributed by atoms with Gasteiger partial charge in [-0.2, -0.15) is 0 Å². The molecule has 0 amide bonds. The van der Waals surface area contributed by atoms with Gasteiger partial charge in [0.05, 0.1) is 35.6 Å². The predicted molar refractivity (Wildman–Crippen MR) is 137 cm³/mol. The average Bonchev–Trinajstić information content (AvgIpc) is 3.30. The Hall–Kier alpha value is -0.200. The zero-order valence-corrected chi connectivity index (χ0v) is 23.5. The summed E-state index contributed by atoms with van der Waals surface area (Å²) in [5.74, 6) is 0.722. The Morgan fingerprint density at radius 2 is 1.46 bits per heavy atom. The molecule has 5 heteroatoms. The fourth-order valence-electron chi connectivity index (χ4n) is 11.3. The van der Waals surface area contributed by atoms with Gasteiger partial charge in [-0.1, -0.05) is 34.6 Å². The molecule has 5 aliphatic rings. The van der Waals surface area contributed by atoms with Crippen LogP contribution in [0.5, 0.6) is 0 Å². The molecule has 0 aromatic heterocycles. The Labute approximate surface area is 213 Å². The zero-order chi connectivity index (χ0) is 26.0. The SMILES string of the molecule is CC(C)(O)[C@@H]1CC[C@](C)([C@@H]2CC[C@]3(C)[C@@H]2[C@H](O)C[C@@H]2[C@@]4(C)CC[C@H](O)C(C)(C)[C@H]4[C@@H](O)C[C@]23C)O1. The van der Waals surface area contributed by atoms with Gasteiger partial charge in [-0.25, -0.2) is 0 Å². The van der Waals surface area contributed by atoms with Crippen molar-refractivity contribution in [3.05, 3.63) is 0 Å². The van der Waals surface area contributed by atoms with Gasteiger partial charge in [0, 0.05) is 0 Å². The molecule has 4 aliphatic carbocycles. The molecule has 4 N–H and O–H groups in total. The van der Waals surface area contributed by atoms with Gasteiger partial charge >= 0.3 is 0 Å². The first-order chi connectivity index (χ1) is 15.9. The normalized spacial score (nSPS) is 57.9. The summed E-state index contributed by atoms with van der Waals surface area (Å²) in [6.07, 6.45) is 5.61. The van der Waals surface area contributed by atoms with Gasteiger partial charge < -0.3 is 25.2 Å². The van der Waals surface area contributed by atoms with E-state index in [1.807, 2.05) is 13.8 Å². The van der Waals surface area contributed by atoms with Gasteiger partial charge in [-0.05, 0) is 117 Å². The monoisotopic (exact) mass is 492 g/mol. The fourth-order valence-corrected chi connectivity index (χ4v) is 11.3. The summed E-state index contributed by atoms with van der Waals surface area (Å²) in [7, 11) is 0. The second-order valence-corrected chi connectivity index (χ2v) is 15.6. The van der Waals surface area contributed by atoms with Crippen molar-refractivity contribution in [2.75, 3.05) is 0 Å². The Bertz CT molecular complexity index is 850. The first-order valence-corrected chi connectivity index (χ1v) is 14.4. The van der Waals surface area contributed by atoms with E-state index in [1.54, 1.807) is 0 Å². The Morgan fingerprint density at radius 3 is 2.06 bits per heavy atom. The minimum Gasteiger partial charge on any atom is -0.393 e. The third-order valence-electron chi connectivity index (χ3n) is 13.1. The average molecular weight is 493 g/mol. The number of aliphatic hydroxyl groups excluding tert-OH is 3. The largest absolute Gasteiger partial charge is 0.393 e. The van der Waals surface area contributed by atoms with Gasteiger partial charge in [0.25, 0.3) is 0 Å². The van der Waals surface area contributed by atoms with Crippen LogP contribution in [0.15, 0.2) is 0 Å². The summed E-state index contributed by atoms with van der Waals surface area (Å²) in [5.41, 5.74) is -1.83. The van der Waals surface area contributed by atoms with Crippen molar-refractivity contribution in [2.24, 2.45) is 45.3 Å². The van der Waals surface area contributed by atoms with E-state index in [0.717, 1.165) is 51.4 Å². The van der Waals surface area contributed by atoms with Gasteiger partial charge in [0.1, 0.15) is 0 Å². The molecule has 1 saturated heterocycles. The molecule has 0 unspecified atom stereocenters. The summed E-state index contributed by atoms with van der Waals surface area (Å²) in [6.45, 7) is 17.3. The summed E-state index contributed by atoms with van der Waals surface area (Å²) in [5, 5.41) is 45.2. The maximum Gasteiger partial charge on any atom is 0.0865 e. The molecule has 0 spiro atoms. The number of fused-ring (bicyclic) bond motifs is 5. The van der Waals surface area contributed by atoms with Crippen LogP contribution in [0.3, 0.4) is 0 Å². The summed E-state index contributed by atoms with van der Waals surface area (Å²) in [6, 6.07) is 0. The lowest BCUT2D eigenvalue weighted by molar-refractivity contribution is -0.275. The lowest BCUT2D eigenvalue weighted by Crippen LogP contribution is -2.69. The molecule has 5 fully saturated rings. The summed E-state index contributed by atoms with van der Waals surface area (Å²) in [4.78, 5) is 0. The molecule has 35 heavy (non-hydrogen) atoms. The molecule has 5 rings (SSSR count). The number of ether oxygens (including phenoxy) is 1. The minimum atomic E-state index is -0.864. The van der Waals surface area contributed by atoms with E-state index >= 15 is 0 Å². The van der Waals surface area contributed by atoms with E-state index in [1.165, 1.54) is 0 Å². The molecule has 1 aliphatic heterocycles. The molecule has 5 nitrogen and oxygen atoms in total. The molecule has 0 aromatic rings. The second kappa shape index (κ2) is 7.68. The lowest BCUT2D eigenvalue weighted by atomic mass is 9.34. The van der Waals surface area contributed by atoms with Gasteiger partial charge in [-0.15, -0.1) is 0 Å². The highest BCUT2D eigenvalue weighted by atomic mass is 16.5. The first kappa shape index (κ1) is 26.4. The molecular formula is C30H52O5. The molecule has 4 saturated carbocycles. The van der Waals surface area contributed by atoms with Crippen molar-refractivity contribution in [3.8, 4) is 0 Å². The van der Waals surface area contributed by atoms with Crippen molar-refractivity contribution < 1.29 is 25.2 Å². The molecule has 0 aromatic carbocycles. The highest BCUT2D eigenvalue weighted by Gasteiger charge is 2.73. The van der Waals surface area contributed by atoms with Crippen molar-refractivity contribution in [2.45, 2.75) is 142 Å². The van der Waals surface area contributed by atoms with Crippen LogP contribution in [0.2, 0.25) is 0 Å². The van der Waals surface area contributed by atoms with Crippen LogP contribution < -0.4 is 0 Å². The Balaban J connectivity index is 1.51.